The van der Waals surface area contributed by atoms with Gasteiger partial charge in [0, 0.05) is 60.2 Å². The van der Waals surface area contributed by atoms with Crippen molar-refractivity contribution < 1.29 is 4.74 Å². The average Bonchev–Trinajstić information content (AvgIpc) is 3.54. The number of aromatic nitrogens is 3. The van der Waals surface area contributed by atoms with Gasteiger partial charge in [-0.1, -0.05) is 19.9 Å². The Kier molecular flexibility index (Phi) is 6.57. The van der Waals surface area contributed by atoms with E-state index in [0.29, 0.717) is 6.61 Å². The lowest BCUT2D eigenvalue weighted by atomic mass is 9.76. The third-order valence-corrected chi connectivity index (χ3v) is 9.02. The molecule has 7 rings (SSSR count). The second-order valence-electron chi connectivity index (χ2n) is 12.8. The molecule has 3 aliphatic heterocycles. The smallest absolute Gasteiger partial charge is 0.136 e. The van der Waals surface area contributed by atoms with Crippen LogP contribution in [0.15, 0.2) is 35.5 Å². The lowest BCUT2D eigenvalue weighted by molar-refractivity contribution is 0.309. The second kappa shape index (κ2) is 10.3. The Balaban J connectivity index is 1.21. The van der Waals surface area contributed by atoms with Crippen LogP contribution in [0.5, 0.6) is 5.75 Å². The maximum absolute atomic E-state index is 6.28. The lowest BCUT2D eigenvalue weighted by Crippen LogP contribution is -2.32. The number of aryl methyl sites for hydroxylation is 1. The predicted octanol–water partition coefficient (Wildman–Crippen LogP) is 5.74. The SMILES string of the molecule is CC1=Nc2cc(-c3ccc4c(c3)CN(c3nc(CCN5CCCC5)nc5c3CC(C)(C)CC5)CCO4)cnc2C1. The van der Waals surface area contributed by atoms with Gasteiger partial charge in [0.15, 0.2) is 0 Å². The number of fused-ring (bicyclic) bond motifs is 3. The van der Waals surface area contributed by atoms with Gasteiger partial charge in [-0.15, -0.1) is 0 Å². The highest BCUT2D eigenvalue weighted by molar-refractivity contribution is 5.92. The Morgan fingerprint density at radius 2 is 1.88 bits per heavy atom. The second-order valence-corrected chi connectivity index (χ2v) is 12.8. The number of benzene rings is 1. The van der Waals surface area contributed by atoms with E-state index in [2.05, 4.69) is 54.8 Å². The molecule has 0 saturated carbocycles. The Morgan fingerprint density at radius 1 is 1.00 bits per heavy atom. The summed E-state index contributed by atoms with van der Waals surface area (Å²) in [5, 5.41) is 0. The van der Waals surface area contributed by atoms with Crippen molar-refractivity contribution in [3.8, 4) is 16.9 Å². The highest BCUT2D eigenvalue weighted by Gasteiger charge is 2.32. The summed E-state index contributed by atoms with van der Waals surface area (Å²) >= 11 is 0. The first-order valence-electron chi connectivity index (χ1n) is 15.1. The van der Waals surface area contributed by atoms with Crippen LogP contribution >= 0.6 is 0 Å². The Hall–Kier alpha value is -3.32. The minimum atomic E-state index is 0.261. The quantitative estimate of drug-likeness (QED) is 0.414. The van der Waals surface area contributed by atoms with Crippen LogP contribution in [0.1, 0.15) is 68.4 Å². The molecule has 2 aromatic heterocycles. The summed E-state index contributed by atoms with van der Waals surface area (Å²) in [4.78, 5) is 24.8. The zero-order valence-corrected chi connectivity index (χ0v) is 24.2. The van der Waals surface area contributed by atoms with E-state index in [1.807, 2.05) is 6.20 Å². The number of hydrogen-bond donors (Lipinski definition) is 0. The number of pyridine rings is 1. The minimum Gasteiger partial charge on any atom is -0.491 e. The highest BCUT2D eigenvalue weighted by Crippen LogP contribution is 2.40. The predicted molar refractivity (Wildman–Crippen MR) is 160 cm³/mol. The number of nitrogens with zero attached hydrogens (tertiary/aromatic N) is 6. The van der Waals surface area contributed by atoms with Crippen molar-refractivity contribution in [2.24, 2.45) is 10.4 Å². The van der Waals surface area contributed by atoms with Crippen molar-refractivity contribution in [2.45, 2.75) is 72.3 Å². The molecule has 3 aromatic rings. The molecule has 1 aromatic carbocycles. The number of hydrogen-bond acceptors (Lipinski definition) is 7. The summed E-state index contributed by atoms with van der Waals surface area (Å²) in [5.74, 6) is 3.09. The van der Waals surface area contributed by atoms with Gasteiger partial charge in [0.05, 0.1) is 17.9 Å². The van der Waals surface area contributed by atoms with Crippen LogP contribution in [-0.4, -0.2) is 58.3 Å². The first kappa shape index (κ1) is 25.6. The summed E-state index contributed by atoms with van der Waals surface area (Å²) < 4.78 is 6.28. The zero-order chi connectivity index (χ0) is 27.3. The van der Waals surface area contributed by atoms with E-state index in [-0.39, 0.29) is 5.41 Å². The van der Waals surface area contributed by atoms with Crippen LogP contribution in [0.3, 0.4) is 0 Å². The number of anilines is 1. The van der Waals surface area contributed by atoms with Gasteiger partial charge >= 0.3 is 0 Å². The molecule has 1 aliphatic carbocycles. The largest absolute Gasteiger partial charge is 0.491 e. The molecule has 0 N–H and O–H groups in total. The zero-order valence-electron chi connectivity index (χ0n) is 24.2. The van der Waals surface area contributed by atoms with Gasteiger partial charge in [0.1, 0.15) is 24.0 Å². The van der Waals surface area contributed by atoms with Crippen molar-refractivity contribution in [2.75, 3.05) is 37.7 Å². The molecule has 0 amide bonds. The van der Waals surface area contributed by atoms with Crippen molar-refractivity contribution >= 4 is 17.2 Å². The van der Waals surface area contributed by atoms with Crippen LogP contribution in [0.2, 0.25) is 0 Å². The molecule has 0 radical (unpaired) electrons. The normalized spacial score (nSPS) is 19.9. The number of aliphatic imine (C=N–C) groups is 1. The van der Waals surface area contributed by atoms with E-state index < -0.39 is 0 Å². The van der Waals surface area contributed by atoms with Crippen molar-refractivity contribution in [3.63, 3.8) is 0 Å². The van der Waals surface area contributed by atoms with Crippen molar-refractivity contribution in [3.05, 3.63) is 58.8 Å². The van der Waals surface area contributed by atoms with Crippen LogP contribution in [0.25, 0.3) is 11.1 Å². The van der Waals surface area contributed by atoms with E-state index in [0.717, 1.165) is 90.9 Å². The van der Waals surface area contributed by atoms with Crippen LogP contribution in [0.4, 0.5) is 11.5 Å². The van der Waals surface area contributed by atoms with Gasteiger partial charge in [-0.05, 0) is 81.3 Å². The molecule has 0 atom stereocenters. The highest BCUT2D eigenvalue weighted by atomic mass is 16.5. The monoisotopic (exact) mass is 536 g/mol. The molecule has 5 heterocycles. The van der Waals surface area contributed by atoms with Crippen LogP contribution in [-0.2, 0) is 32.2 Å². The van der Waals surface area contributed by atoms with Gasteiger partial charge in [0.2, 0.25) is 0 Å². The fourth-order valence-electron chi connectivity index (χ4n) is 6.73. The summed E-state index contributed by atoms with van der Waals surface area (Å²) in [6.07, 6.45) is 9.62. The molecule has 0 bridgehead atoms. The Labute approximate surface area is 237 Å². The fourth-order valence-corrected chi connectivity index (χ4v) is 6.73. The molecule has 4 aliphatic rings. The van der Waals surface area contributed by atoms with Gasteiger partial charge in [0.25, 0.3) is 0 Å². The average molecular weight is 537 g/mol. The molecular weight excluding hydrogens is 496 g/mol. The summed E-state index contributed by atoms with van der Waals surface area (Å²) in [6, 6.07) is 8.71. The van der Waals surface area contributed by atoms with E-state index >= 15 is 0 Å². The Morgan fingerprint density at radius 3 is 2.75 bits per heavy atom. The standard InChI is InChI=1S/C33H40N6O/c1-22-16-28-29(35-22)18-24(20-34-28)23-6-7-30-25(17-23)21-39(14-15-40-30)32-26-19-33(2,3)10-8-27(26)36-31(37-32)9-13-38-11-4-5-12-38/h6-7,17-18,20H,4-5,8-16,19,21H2,1-3H3. The Bertz CT molecular complexity index is 1470. The summed E-state index contributed by atoms with van der Waals surface area (Å²) in [5.41, 5.74) is 9.51. The maximum atomic E-state index is 6.28. The molecule has 40 heavy (non-hydrogen) atoms. The van der Waals surface area contributed by atoms with E-state index in [1.54, 1.807) is 0 Å². The molecule has 0 unspecified atom stereocenters. The fraction of sp³-hybridized carbons (Fsp3) is 0.515. The van der Waals surface area contributed by atoms with Crippen LogP contribution in [0, 0.1) is 5.41 Å². The molecule has 7 nitrogen and oxygen atoms in total. The van der Waals surface area contributed by atoms with E-state index in [1.165, 1.54) is 49.2 Å². The van der Waals surface area contributed by atoms with Gasteiger partial charge in [-0.3, -0.25) is 9.98 Å². The molecular formula is C33H40N6O. The van der Waals surface area contributed by atoms with E-state index in [4.69, 9.17) is 24.7 Å². The number of ether oxygens (including phenoxy) is 1. The maximum Gasteiger partial charge on any atom is 0.136 e. The molecule has 7 heteroatoms. The topological polar surface area (TPSA) is 66.7 Å². The summed E-state index contributed by atoms with van der Waals surface area (Å²) in [6.45, 7) is 12.5. The van der Waals surface area contributed by atoms with E-state index in [9.17, 15) is 0 Å². The van der Waals surface area contributed by atoms with Crippen molar-refractivity contribution in [1.29, 1.82) is 0 Å². The minimum absolute atomic E-state index is 0.261. The first-order valence-corrected chi connectivity index (χ1v) is 15.1. The molecule has 1 saturated heterocycles. The first-order chi connectivity index (χ1) is 19.4. The van der Waals surface area contributed by atoms with Gasteiger partial charge in [-0.25, -0.2) is 9.97 Å². The van der Waals surface area contributed by atoms with Crippen molar-refractivity contribution in [1.82, 2.24) is 19.9 Å². The van der Waals surface area contributed by atoms with Gasteiger partial charge < -0.3 is 14.5 Å². The molecule has 208 valence electrons. The third-order valence-electron chi connectivity index (χ3n) is 9.02. The summed E-state index contributed by atoms with van der Waals surface area (Å²) in [7, 11) is 0. The number of rotatable bonds is 5. The molecule has 0 spiro atoms. The van der Waals surface area contributed by atoms with Crippen LogP contribution < -0.4 is 9.64 Å². The third kappa shape index (κ3) is 5.12. The molecule has 1 fully saturated rings. The number of likely N-dealkylation sites (tertiary alicyclic amines) is 1. The van der Waals surface area contributed by atoms with Gasteiger partial charge in [-0.2, -0.15) is 0 Å². The lowest BCUT2D eigenvalue weighted by Gasteiger charge is -2.34.